The van der Waals surface area contributed by atoms with Gasteiger partial charge in [-0.25, -0.2) is 0 Å². The summed E-state index contributed by atoms with van der Waals surface area (Å²) < 4.78 is 0. The van der Waals surface area contributed by atoms with Gasteiger partial charge < -0.3 is 10.2 Å². The predicted octanol–water partition coefficient (Wildman–Crippen LogP) is 0.241. The Balaban J connectivity index is 3.71. The highest BCUT2D eigenvalue weighted by Gasteiger charge is 2.09. The summed E-state index contributed by atoms with van der Waals surface area (Å²) in [5.74, 6) is 0. The molecule has 0 bridgehead atoms. The second kappa shape index (κ2) is 5.29. The summed E-state index contributed by atoms with van der Waals surface area (Å²) in [5.41, 5.74) is 0.664. The Hall–Kier alpha value is -0.380. The Morgan fingerprint density at radius 3 is 2.45 bits per heavy atom. The van der Waals surface area contributed by atoms with Crippen molar-refractivity contribution in [2.75, 3.05) is 6.61 Å². The lowest BCUT2D eigenvalue weighted by Crippen LogP contribution is -2.40. The Kier molecular flexibility index (Phi) is 5.11. The minimum Gasteiger partial charge on any atom is -0.395 e. The smallest absolute Gasteiger partial charge is 0.126 e. The molecule has 0 aliphatic rings. The van der Waals surface area contributed by atoms with Crippen LogP contribution in [0.15, 0.2) is 12.2 Å². The van der Waals surface area contributed by atoms with Crippen LogP contribution >= 0.6 is 0 Å². The van der Waals surface area contributed by atoms with Gasteiger partial charge in [0.25, 0.3) is 0 Å². The fourth-order valence-corrected chi connectivity index (χ4v) is 0.665. The number of hydrogen-bond acceptors (Lipinski definition) is 3. The molecule has 0 rings (SSSR count). The van der Waals surface area contributed by atoms with E-state index in [0.717, 1.165) is 6.42 Å². The molecule has 0 saturated heterocycles. The molecule has 11 heavy (non-hydrogen) atoms. The van der Waals surface area contributed by atoms with E-state index in [-0.39, 0.29) is 12.6 Å². The summed E-state index contributed by atoms with van der Waals surface area (Å²) in [5, 5.41) is 20.8. The number of nitrogens with one attached hydrogen (secondary N) is 1. The first-order valence-corrected chi connectivity index (χ1v) is 3.82. The summed E-state index contributed by atoms with van der Waals surface area (Å²) in [6, 6.07) is -0.0401. The number of rotatable bonds is 5. The van der Waals surface area contributed by atoms with E-state index in [0.29, 0.717) is 5.57 Å². The molecule has 2 atom stereocenters. The first-order chi connectivity index (χ1) is 5.11. The highest BCUT2D eigenvalue weighted by molar-refractivity contribution is 4.95. The lowest BCUT2D eigenvalue weighted by molar-refractivity contribution is 0.130. The molecule has 3 nitrogen and oxygen atoms in total. The Labute approximate surface area is 67.7 Å². The van der Waals surface area contributed by atoms with E-state index in [1.165, 1.54) is 0 Å². The van der Waals surface area contributed by atoms with Crippen LogP contribution in [0.3, 0.4) is 0 Å². The highest BCUT2D eigenvalue weighted by Crippen LogP contribution is 1.97. The standard InChI is InChI=1S/C8H17NO2/c1-4-7(5-10)9-8(11)6(2)3/h7-11H,2,4-5H2,1,3H3. The maximum atomic E-state index is 9.24. The van der Waals surface area contributed by atoms with Crippen LogP contribution in [0.1, 0.15) is 20.3 Å². The fourth-order valence-electron chi connectivity index (χ4n) is 0.665. The second-order valence-electron chi connectivity index (χ2n) is 2.70. The van der Waals surface area contributed by atoms with Crippen LogP contribution in [0, 0.1) is 0 Å². The molecule has 3 N–H and O–H groups in total. The summed E-state index contributed by atoms with van der Waals surface area (Å²) in [4.78, 5) is 0. The van der Waals surface area contributed by atoms with E-state index in [1.54, 1.807) is 6.92 Å². The maximum absolute atomic E-state index is 9.24. The Bertz CT molecular complexity index is 121. The van der Waals surface area contributed by atoms with Gasteiger partial charge in [0.05, 0.1) is 6.61 Å². The zero-order valence-corrected chi connectivity index (χ0v) is 7.17. The van der Waals surface area contributed by atoms with Gasteiger partial charge in [0.1, 0.15) is 6.23 Å². The zero-order valence-electron chi connectivity index (χ0n) is 7.17. The van der Waals surface area contributed by atoms with Crippen molar-refractivity contribution >= 4 is 0 Å². The molecule has 0 aromatic rings. The summed E-state index contributed by atoms with van der Waals surface area (Å²) in [6.07, 6.45) is 0.0907. The van der Waals surface area contributed by atoms with E-state index in [9.17, 15) is 5.11 Å². The molecule has 66 valence electrons. The van der Waals surface area contributed by atoms with Crippen LogP contribution in [0.25, 0.3) is 0 Å². The van der Waals surface area contributed by atoms with Gasteiger partial charge in [-0.15, -0.1) is 0 Å². The molecule has 2 unspecified atom stereocenters. The van der Waals surface area contributed by atoms with Gasteiger partial charge in [0.2, 0.25) is 0 Å². The molecule has 0 aliphatic heterocycles. The molecule has 3 heteroatoms. The topological polar surface area (TPSA) is 52.5 Å². The van der Waals surface area contributed by atoms with Crippen molar-refractivity contribution in [3.05, 3.63) is 12.2 Å². The normalized spacial score (nSPS) is 16.0. The number of aliphatic hydroxyl groups is 2. The van der Waals surface area contributed by atoms with Crippen LogP contribution in [-0.4, -0.2) is 29.1 Å². The van der Waals surface area contributed by atoms with Crippen LogP contribution < -0.4 is 5.32 Å². The monoisotopic (exact) mass is 159 g/mol. The minimum atomic E-state index is -0.702. The van der Waals surface area contributed by atoms with E-state index in [4.69, 9.17) is 5.11 Å². The molecule has 0 fully saturated rings. The summed E-state index contributed by atoms with van der Waals surface area (Å²) >= 11 is 0. The third kappa shape index (κ3) is 4.14. The fraction of sp³-hybridized carbons (Fsp3) is 0.750. The van der Waals surface area contributed by atoms with Crippen LogP contribution in [0.2, 0.25) is 0 Å². The van der Waals surface area contributed by atoms with Gasteiger partial charge in [0.15, 0.2) is 0 Å². The number of aliphatic hydroxyl groups excluding tert-OH is 2. The predicted molar refractivity (Wildman–Crippen MR) is 45.1 cm³/mol. The molecule has 0 radical (unpaired) electrons. The van der Waals surface area contributed by atoms with E-state index >= 15 is 0 Å². The Morgan fingerprint density at radius 2 is 2.18 bits per heavy atom. The van der Waals surface area contributed by atoms with Crippen molar-refractivity contribution < 1.29 is 10.2 Å². The molecular formula is C8H17NO2. The number of hydrogen-bond donors (Lipinski definition) is 3. The maximum Gasteiger partial charge on any atom is 0.126 e. The van der Waals surface area contributed by atoms with Gasteiger partial charge in [-0.2, -0.15) is 0 Å². The molecule has 0 spiro atoms. The summed E-state index contributed by atoms with van der Waals surface area (Å²) in [6.45, 7) is 7.31. The quantitative estimate of drug-likeness (QED) is 0.398. The van der Waals surface area contributed by atoms with Gasteiger partial charge in [-0.05, 0) is 18.9 Å². The molecule has 0 heterocycles. The third-order valence-electron chi connectivity index (χ3n) is 1.57. The minimum absolute atomic E-state index is 0.0401. The van der Waals surface area contributed by atoms with Crippen molar-refractivity contribution in [2.45, 2.75) is 32.5 Å². The van der Waals surface area contributed by atoms with Crippen molar-refractivity contribution in [3.8, 4) is 0 Å². The van der Waals surface area contributed by atoms with Gasteiger partial charge >= 0.3 is 0 Å². The average molecular weight is 159 g/mol. The Morgan fingerprint density at radius 1 is 1.64 bits per heavy atom. The molecule has 0 aromatic carbocycles. The molecular weight excluding hydrogens is 142 g/mol. The first kappa shape index (κ1) is 10.6. The second-order valence-corrected chi connectivity index (χ2v) is 2.70. The molecule has 0 aliphatic carbocycles. The lowest BCUT2D eigenvalue weighted by atomic mass is 10.2. The first-order valence-electron chi connectivity index (χ1n) is 3.82. The average Bonchev–Trinajstić information content (AvgIpc) is 1.99. The zero-order chi connectivity index (χ0) is 8.85. The molecule has 0 amide bonds. The molecule has 0 aromatic heterocycles. The van der Waals surface area contributed by atoms with Crippen LogP contribution in [0.4, 0.5) is 0 Å². The van der Waals surface area contributed by atoms with Crippen LogP contribution in [-0.2, 0) is 0 Å². The van der Waals surface area contributed by atoms with Crippen molar-refractivity contribution in [2.24, 2.45) is 0 Å². The van der Waals surface area contributed by atoms with Crippen LogP contribution in [0.5, 0.6) is 0 Å². The van der Waals surface area contributed by atoms with Crippen molar-refractivity contribution in [1.82, 2.24) is 5.32 Å². The van der Waals surface area contributed by atoms with Gasteiger partial charge in [0, 0.05) is 6.04 Å². The van der Waals surface area contributed by atoms with Gasteiger partial charge in [-0.3, -0.25) is 5.32 Å². The van der Waals surface area contributed by atoms with E-state index < -0.39 is 6.23 Å². The lowest BCUT2D eigenvalue weighted by Gasteiger charge is -2.19. The third-order valence-corrected chi connectivity index (χ3v) is 1.57. The SMILES string of the molecule is C=C(C)C(O)NC(CC)CO. The van der Waals surface area contributed by atoms with E-state index in [2.05, 4.69) is 11.9 Å². The van der Waals surface area contributed by atoms with Crippen molar-refractivity contribution in [3.63, 3.8) is 0 Å². The summed E-state index contributed by atoms with van der Waals surface area (Å²) in [7, 11) is 0. The largest absolute Gasteiger partial charge is 0.395 e. The highest BCUT2D eigenvalue weighted by atomic mass is 16.3. The van der Waals surface area contributed by atoms with E-state index in [1.807, 2.05) is 6.92 Å². The van der Waals surface area contributed by atoms with Gasteiger partial charge in [-0.1, -0.05) is 13.5 Å². The van der Waals surface area contributed by atoms with Crippen molar-refractivity contribution in [1.29, 1.82) is 0 Å². The molecule has 0 saturated carbocycles.